The van der Waals surface area contributed by atoms with Crippen LogP contribution in [-0.4, -0.2) is 30.6 Å². The molecule has 0 aliphatic carbocycles. The maximum absolute atomic E-state index is 5.94. The second-order valence-corrected chi connectivity index (χ2v) is 4.84. The number of pyridine rings is 1. The van der Waals surface area contributed by atoms with Crippen molar-refractivity contribution in [3.05, 3.63) is 22.8 Å². The van der Waals surface area contributed by atoms with Gasteiger partial charge in [-0.15, -0.1) is 11.6 Å². The third-order valence-electron chi connectivity index (χ3n) is 2.09. The molecule has 0 fully saturated rings. The maximum Gasteiger partial charge on any atom is 0.128 e. The van der Waals surface area contributed by atoms with Crippen molar-refractivity contribution in [2.45, 2.75) is 5.88 Å². The van der Waals surface area contributed by atoms with E-state index in [0.29, 0.717) is 10.9 Å². The lowest BCUT2D eigenvalue weighted by Gasteiger charge is -2.18. The Morgan fingerprint density at radius 2 is 2.27 bits per heavy atom. The van der Waals surface area contributed by atoms with Crippen LogP contribution in [0.5, 0.6) is 0 Å². The van der Waals surface area contributed by atoms with Gasteiger partial charge in [-0.3, -0.25) is 0 Å². The van der Waals surface area contributed by atoms with Crippen LogP contribution in [-0.2, 0) is 5.88 Å². The Bertz CT molecular complexity index is 320. The summed E-state index contributed by atoms with van der Waals surface area (Å²) in [5.41, 5.74) is 0.930. The zero-order chi connectivity index (χ0) is 11.3. The molecule has 0 unspecified atom stereocenters. The largest absolute Gasteiger partial charge is 0.359 e. The van der Waals surface area contributed by atoms with Crippen molar-refractivity contribution in [1.29, 1.82) is 0 Å². The fourth-order valence-electron chi connectivity index (χ4n) is 1.12. The maximum atomic E-state index is 5.94. The number of hydrogen-bond acceptors (Lipinski definition) is 3. The molecule has 0 radical (unpaired) electrons. The molecular weight excluding hydrogens is 251 g/mol. The Morgan fingerprint density at radius 1 is 1.53 bits per heavy atom. The molecule has 1 heterocycles. The summed E-state index contributed by atoms with van der Waals surface area (Å²) in [5.74, 6) is 2.42. The van der Waals surface area contributed by atoms with E-state index < -0.39 is 0 Å². The molecule has 84 valence electrons. The molecule has 0 amide bonds. The SMILES string of the molecule is CSCCN(C)c1cc(CCl)c(Cl)cn1. The standard InChI is InChI=1S/C10H14Cl2N2S/c1-14(3-4-15-2)10-5-8(6-11)9(12)7-13-10/h5,7H,3-4,6H2,1-2H3. The molecule has 0 aliphatic heterocycles. The van der Waals surface area contributed by atoms with Gasteiger partial charge in [0.05, 0.1) is 5.02 Å². The molecule has 1 aromatic heterocycles. The van der Waals surface area contributed by atoms with Crippen LogP contribution in [0.2, 0.25) is 5.02 Å². The smallest absolute Gasteiger partial charge is 0.128 e. The molecule has 5 heteroatoms. The van der Waals surface area contributed by atoms with Crippen molar-refractivity contribution < 1.29 is 0 Å². The number of rotatable bonds is 5. The Balaban J connectivity index is 2.76. The van der Waals surface area contributed by atoms with E-state index in [2.05, 4.69) is 16.1 Å². The van der Waals surface area contributed by atoms with E-state index in [1.165, 1.54) is 0 Å². The molecule has 0 saturated carbocycles. The molecule has 1 aromatic rings. The van der Waals surface area contributed by atoms with E-state index >= 15 is 0 Å². The Morgan fingerprint density at radius 3 is 2.87 bits per heavy atom. The van der Waals surface area contributed by atoms with Gasteiger partial charge in [0.1, 0.15) is 5.82 Å². The summed E-state index contributed by atoms with van der Waals surface area (Å²) in [6.45, 7) is 0.970. The first-order chi connectivity index (χ1) is 7.19. The zero-order valence-corrected chi connectivity index (χ0v) is 11.2. The predicted octanol–water partition coefficient (Wildman–Crippen LogP) is 3.27. The Hall–Kier alpha value is -0.120. The summed E-state index contributed by atoms with van der Waals surface area (Å²) in [6, 6.07) is 1.94. The van der Waals surface area contributed by atoms with Crippen LogP contribution in [0.1, 0.15) is 5.56 Å². The topological polar surface area (TPSA) is 16.1 Å². The summed E-state index contributed by atoms with van der Waals surface area (Å²) in [7, 11) is 2.02. The lowest BCUT2D eigenvalue weighted by Crippen LogP contribution is -2.21. The molecule has 1 rings (SSSR count). The van der Waals surface area contributed by atoms with E-state index in [1.807, 2.05) is 24.9 Å². The quantitative estimate of drug-likeness (QED) is 0.760. The highest BCUT2D eigenvalue weighted by Gasteiger charge is 2.05. The minimum atomic E-state index is 0.421. The number of halogens is 2. The van der Waals surface area contributed by atoms with Crippen LogP contribution in [0.15, 0.2) is 12.3 Å². The van der Waals surface area contributed by atoms with Crippen molar-refractivity contribution in [2.75, 3.05) is 30.5 Å². The predicted molar refractivity (Wildman–Crippen MR) is 70.5 cm³/mol. The first kappa shape index (κ1) is 12.9. The van der Waals surface area contributed by atoms with Gasteiger partial charge in [-0.25, -0.2) is 4.98 Å². The van der Waals surface area contributed by atoms with Crippen molar-refractivity contribution in [3.8, 4) is 0 Å². The van der Waals surface area contributed by atoms with Gasteiger partial charge in [0.2, 0.25) is 0 Å². The molecule has 0 aliphatic rings. The van der Waals surface area contributed by atoms with Gasteiger partial charge in [0, 0.05) is 31.4 Å². The first-order valence-corrected chi connectivity index (χ1v) is 6.90. The van der Waals surface area contributed by atoms with Crippen molar-refractivity contribution in [1.82, 2.24) is 4.98 Å². The molecular formula is C10H14Cl2N2S. The van der Waals surface area contributed by atoms with E-state index in [4.69, 9.17) is 23.2 Å². The number of nitrogens with zero attached hydrogens (tertiary/aromatic N) is 2. The zero-order valence-electron chi connectivity index (χ0n) is 8.83. The molecule has 2 nitrogen and oxygen atoms in total. The summed E-state index contributed by atoms with van der Waals surface area (Å²) < 4.78 is 0. The minimum Gasteiger partial charge on any atom is -0.359 e. The Labute approximate surface area is 105 Å². The van der Waals surface area contributed by atoms with E-state index in [0.717, 1.165) is 23.7 Å². The van der Waals surface area contributed by atoms with Gasteiger partial charge in [-0.05, 0) is 17.9 Å². The molecule has 0 N–H and O–H groups in total. The number of aromatic nitrogens is 1. The summed E-state index contributed by atoms with van der Waals surface area (Å²) in [6.07, 6.45) is 3.75. The van der Waals surface area contributed by atoms with Crippen molar-refractivity contribution in [3.63, 3.8) is 0 Å². The van der Waals surface area contributed by atoms with Crippen LogP contribution in [0.3, 0.4) is 0 Å². The fourth-order valence-corrected chi connectivity index (χ4v) is 2.04. The van der Waals surface area contributed by atoms with Crippen molar-refractivity contribution in [2.24, 2.45) is 0 Å². The van der Waals surface area contributed by atoms with E-state index in [-0.39, 0.29) is 0 Å². The highest BCUT2D eigenvalue weighted by molar-refractivity contribution is 7.98. The van der Waals surface area contributed by atoms with Crippen molar-refractivity contribution >= 4 is 40.8 Å². The number of thioether (sulfide) groups is 1. The second-order valence-electron chi connectivity index (χ2n) is 3.18. The molecule has 0 spiro atoms. The number of alkyl halides is 1. The van der Waals surface area contributed by atoms with Crippen LogP contribution in [0.4, 0.5) is 5.82 Å². The van der Waals surface area contributed by atoms with Crippen LogP contribution >= 0.6 is 35.0 Å². The highest BCUT2D eigenvalue weighted by Crippen LogP contribution is 2.21. The first-order valence-electron chi connectivity index (χ1n) is 4.59. The monoisotopic (exact) mass is 264 g/mol. The molecule has 0 aromatic carbocycles. The van der Waals surface area contributed by atoms with Gasteiger partial charge in [0.25, 0.3) is 0 Å². The third kappa shape index (κ3) is 3.74. The normalized spacial score (nSPS) is 10.4. The van der Waals surface area contributed by atoms with Crippen LogP contribution in [0.25, 0.3) is 0 Å². The van der Waals surface area contributed by atoms with E-state index in [9.17, 15) is 0 Å². The highest BCUT2D eigenvalue weighted by atomic mass is 35.5. The number of hydrogen-bond donors (Lipinski definition) is 0. The average Bonchev–Trinajstić information content (AvgIpc) is 2.26. The van der Waals surface area contributed by atoms with E-state index in [1.54, 1.807) is 6.20 Å². The van der Waals surface area contributed by atoms with Crippen LogP contribution in [0, 0.1) is 0 Å². The number of anilines is 1. The summed E-state index contributed by atoms with van der Waals surface area (Å²) >= 11 is 13.5. The molecule has 0 bridgehead atoms. The van der Waals surface area contributed by atoms with Gasteiger partial charge in [-0.2, -0.15) is 11.8 Å². The summed E-state index contributed by atoms with van der Waals surface area (Å²) in [4.78, 5) is 6.37. The minimum absolute atomic E-state index is 0.421. The van der Waals surface area contributed by atoms with Gasteiger partial charge in [0.15, 0.2) is 0 Å². The average molecular weight is 265 g/mol. The van der Waals surface area contributed by atoms with Gasteiger partial charge >= 0.3 is 0 Å². The third-order valence-corrected chi connectivity index (χ3v) is 3.31. The summed E-state index contributed by atoms with van der Waals surface area (Å²) in [5, 5.41) is 0.631. The molecule has 15 heavy (non-hydrogen) atoms. The second kappa shape index (κ2) is 6.46. The van der Waals surface area contributed by atoms with Gasteiger partial charge in [-0.1, -0.05) is 11.6 Å². The lowest BCUT2D eigenvalue weighted by atomic mass is 10.3. The van der Waals surface area contributed by atoms with Gasteiger partial charge < -0.3 is 4.90 Å². The molecule has 0 saturated heterocycles. The molecule has 0 atom stereocenters. The lowest BCUT2D eigenvalue weighted by molar-refractivity contribution is 0.944. The Kier molecular flexibility index (Phi) is 5.58. The van der Waals surface area contributed by atoms with Crippen LogP contribution < -0.4 is 4.90 Å². The fraction of sp³-hybridized carbons (Fsp3) is 0.500.